The van der Waals surface area contributed by atoms with Gasteiger partial charge in [-0.3, -0.25) is 4.79 Å². The second kappa shape index (κ2) is 5.14. The van der Waals surface area contributed by atoms with Gasteiger partial charge in [0, 0.05) is 6.04 Å². The van der Waals surface area contributed by atoms with Crippen molar-refractivity contribution < 1.29 is 14.6 Å². The van der Waals surface area contributed by atoms with Crippen LogP contribution in [-0.4, -0.2) is 18.2 Å². The summed E-state index contributed by atoms with van der Waals surface area (Å²) in [4.78, 5) is 11.0. The van der Waals surface area contributed by atoms with E-state index in [1.54, 1.807) is 12.1 Å². The molecule has 0 aliphatic heterocycles. The lowest BCUT2D eigenvalue weighted by Gasteiger charge is -2.11. The molecule has 0 spiro atoms. The molecule has 0 saturated carbocycles. The van der Waals surface area contributed by atoms with Gasteiger partial charge in [-0.15, -0.1) is 0 Å². The van der Waals surface area contributed by atoms with Crippen LogP contribution in [-0.2, 0) is 9.53 Å². The van der Waals surface area contributed by atoms with Crippen molar-refractivity contribution in [2.75, 3.05) is 7.11 Å². The first-order valence-corrected chi connectivity index (χ1v) is 5.14. The molecule has 0 radical (unpaired) electrons. The van der Waals surface area contributed by atoms with E-state index in [0.717, 1.165) is 5.56 Å². The summed E-state index contributed by atoms with van der Waals surface area (Å²) in [7, 11) is 1.32. The van der Waals surface area contributed by atoms with Crippen molar-refractivity contribution in [2.24, 2.45) is 5.73 Å². The maximum atomic E-state index is 11.0. The quantitative estimate of drug-likeness (QED) is 0.823. The molecule has 82 valence electrons. The van der Waals surface area contributed by atoms with Crippen LogP contribution >= 0.6 is 15.9 Å². The number of rotatable bonds is 3. The average molecular weight is 274 g/mol. The van der Waals surface area contributed by atoms with Crippen molar-refractivity contribution in [1.82, 2.24) is 0 Å². The van der Waals surface area contributed by atoms with E-state index in [2.05, 4.69) is 20.7 Å². The Bertz CT molecular complexity index is 368. The molecule has 0 heterocycles. The van der Waals surface area contributed by atoms with Gasteiger partial charge in [-0.2, -0.15) is 0 Å². The largest absolute Gasteiger partial charge is 0.507 e. The summed E-state index contributed by atoms with van der Waals surface area (Å²) in [5.74, 6) is -0.212. The molecule has 1 rings (SSSR count). The molecular formula is C10H12BrNO3. The Labute approximate surface area is 96.2 Å². The molecule has 0 aliphatic rings. The van der Waals surface area contributed by atoms with Crippen molar-refractivity contribution in [1.29, 1.82) is 0 Å². The first kappa shape index (κ1) is 12.0. The third kappa shape index (κ3) is 3.21. The molecule has 0 saturated heterocycles. The van der Waals surface area contributed by atoms with Gasteiger partial charge in [0.15, 0.2) is 0 Å². The Morgan fingerprint density at radius 3 is 2.87 bits per heavy atom. The number of carbonyl (C=O) groups excluding carboxylic acids is 1. The number of phenols is 1. The molecular weight excluding hydrogens is 262 g/mol. The summed E-state index contributed by atoms with van der Waals surface area (Å²) in [6.07, 6.45) is 0.119. The third-order valence-electron chi connectivity index (χ3n) is 2.01. The molecule has 4 nitrogen and oxygen atoms in total. The Morgan fingerprint density at radius 1 is 1.67 bits per heavy atom. The molecule has 3 N–H and O–H groups in total. The Kier molecular flexibility index (Phi) is 4.11. The van der Waals surface area contributed by atoms with Crippen LogP contribution in [0.4, 0.5) is 0 Å². The number of phenolic OH excluding ortho intramolecular Hbond substituents is 1. The summed E-state index contributed by atoms with van der Waals surface area (Å²) in [6.45, 7) is 0. The summed E-state index contributed by atoms with van der Waals surface area (Å²) in [5.41, 5.74) is 6.56. The summed E-state index contributed by atoms with van der Waals surface area (Å²) in [6, 6.07) is 4.46. The fraction of sp³-hybridized carbons (Fsp3) is 0.300. The predicted octanol–water partition coefficient (Wildman–Crippen LogP) is 1.72. The van der Waals surface area contributed by atoms with Gasteiger partial charge in [-0.1, -0.05) is 6.07 Å². The highest BCUT2D eigenvalue weighted by Crippen LogP contribution is 2.27. The van der Waals surface area contributed by atoms with Crippen molar-refractivity contribution in [3.05, 3.63) is 28.2 Å². The molecule has 15 heavy (non-hydrogen) atoms. The van der Waals surface area contributed by atoms with Gasteiger partial charge in [0.05, 0.1) is 18.0 Å². The number of ether oxygens (including phenoxy) is 1. The molecule has 0 bridgehead atoms. The average Bonchev–Trinajstić information content (AvgIpc) is 2.21. The van der Waals surface area contributed by atoms with E-state index in [0.29, 0.717) is 4.47 Å². The molecule has 0 amide bonds. The topological polar surface area (TPSA) is 72.5 Å². The van der Waals surface area contributed by atoms with Crippen LogP contribution in [0.3, 0.4) is 0 Å². The lowest BCUT2D eigenvalue weighted by Crippen LogP contribution is -2.16. The number of nitrogens with two attached hydrogens (primary N) is 1. The standard InChI is InChI=1S/C10H12BrNO3/c1-15-10(14)5-8(12)6-2-3-9(13)7(11)4-6/h2-4,8,13H,5,12H2,1H3. The van der Waals surface area contributed by atoms with Gasteiger partial charge in [-0.05, 0) is 33.6 Å². The number of halogens is 1. The number of aromatic hydroxyl groups is 1. The van der Waals surface area contributed by atoms with Gasteiger partial charge in [0.1, 0.15) is 5.75 Å². The highest BCUT2D eigenvalue weighted by molar-refractivity contribution is 9.10. The zero-order valence-electron chi connectivity index (χ0n) is 8.24. The molecule has 1 atom stereocenters. The van der Waals surface area contributed by atoms with Gasteiger partial charge >= 0.3 is 5.97 Å². The number of methoxy groups -OCH3 is 1. The fourth-order valence-electron chi connectivity index (χ4n) is 1.13. The Morgan fingerprint density at radius 2 is 2.33 bits per heavy atom. The second-order valence-electron chi connectivity index (χ2n) is 3.10. The molecule has 0 aliphatic carbocycles. The van der Waals surface area contributed by atoms with Crippen LogP contribution in [0, 0.1) is 0 Å². The van der Waals surface area contributed by atoms with Crippen molar-refractivity contribution in [2.45, 2.75) is 12.5 Å². The lowest BCUT2D eigenvalue weighted by molar-refractivity contribution is -0.141. The van der Waals surface area contributed by atoms with E-state index in [1.807, 2.05) is 0 Å². The predicted molar refractivity (Wildman–Crippen MR) is 59.4 cm³/mol. The van der Waals surface area contributed by atoms with Gasteiger partial charge < -0.3 is 15.6 Å². The zero-order valence-corrected chi connectivity index (χ0v) is 9.82. The van der Waals surface area contributed by atoms with Gasteiger partial charge in [0.25, 0.3) is 0 Å². The van der Waals surface area contributed by atoms with E-state index in [1.165, 1.54) is 13.2 Å². The van der Waals surface area contributed by atoms with Crippen molar-refractivity contribution in [3.63, 3.8) is 0 Å². The van der Waals surface area contributed by atoms with Crippen LogP contribution in [0.25, 0.3) is 0 Å². The normalized spacial score (nSPS) is 12.2. The summed E-state index contributed by atoms with van der Waals surface area (Å²) >= 11 is 3.18. The van der Waals surface area contributed by atoms with E-state index in [-0.39, 0.29) is 18.1 Å². The monoisotopic (exact) mass is 273 g/mol. The van der Waals surface area contributed by atoms with Crippen LogP contribution in [0.5, 0.6) is 5.75 Å². The minimum atomic E-state index is -0.422. The summed E-state index contributed by atoms with van der Waals surface area (Å²) in [5, 5.41) is 9.27. The lowest BCUT2D eigenvalue weighted by atomic mass is 10.0. The van der Waals surface area contributed by atoms with E-state index in [9.17, 15) is 9.90 Å². The van der Waals surface area contributed by atoms with Crippen molar-refractivity contribution >= 4 is 21.9 Å². The van der Waals surface area contributed by atoms with Crippen LogP contribution < -0.4 is 5.73 Å². The van der Waals surface area contributed by atoms with E-state index < -0.39 is 6.04 Å². The van der Waals surface area contributed by atoms with E-state index in [4.69, 9.17) is 5.73 Å². The van der Waals surface area contributed by atoms with Gasteiger partial charge in [-0.25, -0.2) is 0 Å². The SMILES string of the molecule is COC(=O)CC(N)c1ccc(O)c(Br)c1. The molecule has 1 aromatic carbocycles. The number of hydrogen-bond acceptors (Lipinski definition) is 4. The molecule has 1 unspecified atom stereocenters. The first-order valence-electron chi connectivity index (χ1n) is 4.35. The summed E-state index contributed by atoms with van der Waals surface area (Å²) < 4.78 is 5.07. The van der Waals surface area contributed by atoms with Gasteiger partial charge in [0.2, 0.25) is 0 Å². The minimum Gasteiger partial charge on any atom is -0.507 e. The number of hydrogen-bond donors (Lipinski definition) is 2. The van der Waals surface area contributed by atoms with Crippen LogP contribution in [0.15, 0.2) is 22.7 Å². The van der Waals surface area contributed by atoms with E-state index >= 15 is 0 Å². The maximum absolute atomic E-state index is 11.0. The smallest absolute Gasteiger partial charge is 0.307 e. The highest BCUT2D eigenvalue weighted by Gasteiger charge is 2.12. The Balaban J connectivity index is 2.78. The highest BCUT2D eigenvalue weighted by atomic mass is 79.9. The number of esters is 1. The molecule has 1 aromatic rings. The number of carbonyl (C=O) groups is 1. The zero-order chi connectivity index (χ0) is 11.4. The molecule has 0 aromatic heterocycles. The van der Waals surface area contributed by atoms with Crippen molar-refractivity contribution in [3.8, 4) is 5.75 Å². The molecule has 5 heteroatoms. The third-order valence-corrected chi connectivity index (χ3v) is 2.65. The fourth-order valence-corrected chi connectivity index (χ4v) is 1.53. The molecule has 0 fully saturated rings. The maximum Gasteiger partial charge on any atom is 0.307 e. The second-order valence-corrected chi connectivity index (χ2v) is 3.95. The van der Waals surface area contributed by atoms with Crippen LogP contribution in [0.1, 0.15) is 18.0 Å². The Hall–Kier alpha value is -1.07. The number of benzene rings is 1. The minimum absolute atomic E-state index is 0.119. The van der Waals surface area contributed by atoms with Crippen LogP contribution in [0.2, 0.25) is 0 Å². The first-order chi connectivity index (χ1) is 7.04.